The molecule has 0 unspecified atom stereocenters. The van der Waals surface area contributed by atoms with Crippen LogP contribution in [0, 0.1) is 34.6 Å². The van der Waals surface area contributed by atoms with Crippen molar-refractivity contribution in [3.63, 3.8) is 0 Å². The molecule has 5 heteroatoms. The maximum Gasteiger partial charge on any atom is 0.217 e. The third-order valence-corrected chi connectivity index (χ3v) is 11.8. The van der Waals surface area contributed by atoms with Crippen molar-refractivity contribution in [1.82, 2.24) is 9.55 Å². The van der Waals surface area contributed by atoms with Crippen molar-refractivity contribution in [1.29, 1.82) is 0 Å². The van der Waals surface area contributed by atoms with Crippen LogP contribution in [0.3, 0.4) is 0 Å². The normalized spacial score (nSPS) is 19.5. The third-order valence-electron chi connectivity index (χ3n) is 11.8. The molecule has 6 aromatic rings. The zero-order chi connectivity index (χ0) is 36.2. The molecular weight excluding hydrogens is 627 g/mol. The molecule has 51 heavy (non-hydrogen) atoms. The molecule has 0 saturated carbocycles. The van der Waals surface area contributed by atoms with E-state index in [1.807, 2.05) is 6.20 Å². The minimum absolute atomic E-state index is 0.00222. The van der Waals surface area contributed by atoms with Crippen LogP contribution >= 0.6 is 0 Å². The van der Waals surface area contributed by atoms with Gasteiger partial charge in [-0.05, 0) is 123 Å². The number of aromatic nitrogens is 2. The molecule has 2 aromatic heterocycles. The molecule has 0 amide bonds. The number of nitrogens with zero attached hydrogens (tertiary/aromatic N) is 3. The number of hydrogen-bond donors (Lipinski definition) is 0. The first-order valence-corrected chi connectivity index (χ1v) is 18.2. The quantitative estimate of drug-likeness (QED) is 0.187. The molecule has 0 radical (unpaired) electrons. The third kappa shape index (κ3) is 5.19. The first-order chi connectivity index (χ1) is 24.0. The molecule has 2 aliphatic rings. The fourth-order valence-electron chi connectivity index (χ4n) is 8.76. The lowest BCUT2D eigenvalue weighted by Crippen LogP contribution is -2.55. The van der Waals surface area contributed by atoms with Gasteiger partial charge < -0.3 is 9.47 Å². The van der Waals surface area contributed by atoms with Crippen molar-refractivity contribution < 1.29 is 9.47 Å². The summed E-state index contributed by atoms with van der Waals surface area (Å²) >= 11 is 0. The number of benzene rings is 4. The number of aliphatic imine (C=N–C) groups is 1. The number of hydrogen-bond acceptors (Lipinski definition) is 4. The van der Waals surface area contributed by atoms with Gasteiger partial charge in [-0.15, -0.1) is 0 Å². The molecule has 1 aliphatic heterocycles. The van der Waals surface area contributed by atoms with E-state index in [0.29, 0.717) is 5.90 Å². The van der Waals surface area contributed by atoms with Crippen molar-refractivity contribution in [2.45, 2.75) is 105 Å². The average Bonchev–Trinajstić information content (AvgIpc) is 3.56. The van der Waals surface area contributed by atoms with Crippen molar-refractivity contribution >= 4 is 27.7 Å². The Morgan fingerprint density at radius 1 is 0.765 bits per heavy atom. The van der Waals surface area contributed by atoms with Crippen LogP contribution in [-0.2, 0) is 22.0 Å². The Hall–Kier alpha value is -4.90. The molecule has 0 fully saturated rings. The van der Waals surface area contributed by atoms with Gasteiger partial charge in [-0.1, -0.05) is 70.0 Å². The fraction of sp³-hybridized carbons (Fsp3) is 0.348. The molecule has 260 valence electrons. The van der Waals surface area contributed by atoms with Crippen molar-refractivity contribution in [3.8, 4) is 17.3 Å². The number of aryl methyl sites for hydroxylation is 5. The van der Waals surface area contributed by atoms with E-state index in [1.54, 1.807) is 0 Å². The highest BCUT2D eigenvalue weighted by atomic mass is 16.5. The van der Waals surface area contributed by atoms with Gasteiger partial charge in [0.25, 0.3) is 0 Å². The highest BCUT2D eigenvalue weighted by Gasteiger charge is 2.57. The molecule has 8 rings (SSSR count). The van der Waals surface area contributed by atoms with Crippen molar-refractivity contribution in [3.05, 3.63) is 129 Å². The molecular formula is C46H49N3O2. The SMILES string of the molecule is Cc1cc(C)c2c(c1)C[C@@H]1OC(c3cc(Oc4ccc5c6cc(C)ccc6n(-c6cc(C(C)(C)C)ccn6)c5c4)c(C)cc3C)=N[C@@]1(C)C2(C)C. The second-order valence-corrected chi connectivity index (χ2v) is 16.8. The number of rotatable bonds is 4. The number of pyridine rings is 1. The second kappa shape index (κ2) is 11.3. The Bertz CT molecular complexity index is 2440. The molecule has 2 atom stereocenters. The fourth-order valence-corrected chi connectivity index (χ4v) is 8.76. The molecule has 0 N–H and O–H groups in total. The Labute approximate surface area is 302 Å². The predicted molar refractivity (Wildman–Crippen MR) is 210 cm³/mol. The topological polar surface area (TPSA) is 48.6 Å². The summed E-state index contributed by atoms with van der Waals surface area (Å²) in [6, 6.07) is 26.3. The van der Waals surface area contributed by atoms with Gasteiger partial charge >= 0.3 is 0 Å². The number of ether oxygens (including phenoxy) is 2. The van der Waals surface area contributed by atoms with E-state index < -0.39 is 5.54 Å². The highest BCUT2D eigenvalue weighted by Crippen LogP contribution is 2.52. The van der Waals surface area contributed by atoms with Crippen LogP contribution in [-0.4, -0.2) is 27.1 Å². The molecule has 0 spiro atoms. The van der Waals surface area contributed by atoms with Crippen LogP contribution in [0.15, 0.2) is 84.0 Å². The van der Waals surface area contributed by atoms with E-state index in [1.165, 1.54) is 44.2 Å². The Kier molecular flexibility index (Phi) is 7.37. The van der Waals surface area contributed by atoms with Gasteiger partial charge in [-0.25, -0.2) is 9.98 Å². The smallest absolute Gasteiger partial charge is 0.217 e. The van der Waals surface area contributed by atoms with Gasteiger partial charge in [0.15, 0.2) is 0 Å². The lowest BCUT2D eigenvalue weighted by atomic mass is 9.59. The molecule has 5 nitrogen and oxygen atoms in total. The predicted octanol–water partition coefficient (Wildman–Crippen LogP) is 11.2. The summed E-state index contributed by atoms with van der Waals surface area (Å²) in [6.45, 7) is 24.5. The van der Waals surface area contributed by atoms with Crippen molar-refractivity contribution in [2.75, 3.05) is 0 Å². The van der Waals surface area contributed by atoms with Gasteiger partial charge in [0.2, 0.25) is 5.90 Å². The second-order valence-electron chi connectivity index (χ2n) is 16.8. The number of fused-ring (bicyclic) bond motifs is 5. The zero-order valence-corrected chi connectivity index (χ0v) is 31.9. The Morgan fingerprint density at radius 2 is 1.55 bits per heavy atom. The summed E-state index contributed by atoms with van der Waals surface area (Å²) in [4.78, 5) is 10.3. The van der Waals surface area contributed by atoms with E-state index in [4.69, 9.17) is 19.5 Å². The largest absolute Gasteiger partial charge is 0.471 e. The maximum atomic E-state index is 6.84. The van der Waals surface area contributed by atoms with E-state index in [9.17, 15) is 0 Å². The molecule has 3 heterocycles. The first-order valence-electron chi connectivity index (χ1n) is 18.2. The average molecular weight is 676 g/mol. The standard InChI is InChI=1S/C46H49N3O2/c1-26-12-15-37-36(20-26)34-14-13-33(24-38(34)49(37)41-23-32(16-17-47-41)44(6,7)8)50-39-25-35(28(3)21-29(39)4)43-48-46(11)40(51-43)22-31-19-27(2)18-30(5)42(31)45(46,9)10/h12-21,23-25,40H,22H2,1-11H3/t40-,46+/m0/s1. The minimum atomic E-state index is -0.400. The molecule has 4 aromatic carbocycles. The lowest BCUT2D eigenvalue weighted by molar-refractivity contribution is 0.0857. The van der Waals surface area contributed by atoms with E-state index in [2.05, 4.69) is 154 Å². The van der Waals surface area contributed by atoms with Crippen LogP contribution in [0.1, 0.15) is 91.6 Å². The molecule has 1 aliphatic carbocycles. The summed E-state index contributed by atoms with van der Waals surface area (Å²) < 4.78 is 15.9. The summed E-state index contributed by atoms with van der Waals surface area (Å²) in [7, 11) is 0. The summed E-state index contributed by atoms with van der Waals surface area (Å²) in [5.41, 5.74) is 12.6. The van der Waals surface area contributed by atoms with Gasteiger partial charge in [0.1, 0.15) is 29.0 Å². The van der Waals surface area contributed by atoms with Gasteiger partial charge in [0, 0.05) is 40.4 Å². The molecule has 0 saturated heterocycles. The maximum absolute atomic E-state index is 6.84. The van der Waals surface area contributed by atoms with E-state index >= 15 is 0 Å². The van der Waals surface area contributed by atoms with Crippen molar-refractivity contribution in [2.24, 2.45) is 4.99 Å². The Morgan fingerprint density at radius 3 is 2.31 bits per heavy atom. The van der Waals surface area contributed by atoms with Gasteiger partial charge in [-0.3, -0.25) is 4.57 Å². The van der Waals surface area contributed by atoms with Crippen LogP contribution in [0.2, 0.25) is 0 Å². The van der Waals surface area contributed by atoms with Crippen LogP contribution in [0.4, 0.5) is 0 Å². The summed E-state index contributed by atoms with van der Waals surface area (Å²) in [6.07, 6.45) is 2.73. The summed E-state index contributed by atoms with van der Waals surface area (Å²) in [5, 5.41) is 2.37. The Balaban J connectivity index is 1.20. The van der Waals surface area contributed by atoms with Gasteiger partial charge in [-0.2, -0.15) is 0 Å². The van der Waals surface area contributed by atoms with Gasteiger partial charge in [0.05, 0.1) is 11.0 Å². The van der Waals surface area contributed by atoms with Crippen LogP contribution < -0.4 is 4.74 Å². The zero-order valence-electron chi connectivity index (χ0n) is 31.9. The van der Waals surface area contributed by atoms with Crippen LogP contribution in [0.25, 0.3) is 27.6 Å². The monoisotopic (exact) mass is 675 g/mol. The van der Waals surface area contributed by atoms with E-state index in [0.717, 1.165) is 51.5 Å². The van der Waals surface area contributed by atoms with Crippen LogP contribution in [0.5, 0.6) is 11.5 Å². The minimum Gasteiger partial charge on any atom is -0.471 e. The van der Waals surface area contributed by atoms with E-state index in [-0.39, 0.29) is 16.9 Å². The molecule has 0 bridgehead atoms. The highest BCUT2D eigenvalue weighted by molar-refractivity contribution is 6.09. The summed E-state index contributed by atoms with van der Waals surface area (Å²) in [5.74, 6) is 3.17. The first kappa shape index (κ1) is 33.3. The lowest BCUT2D eigenvalue weighted by Gasteiger charge is -2.48.